The summed E-state index contributed by atoms with van der Waals surface area (Å²) in [5, 5.41) is 7.72. The van der Waals surface area contributed by atoms with Crippen molar-refractivity contribution < 1.29 is 9.59 Å². The van der Waals surface area contributed by atoms with Crippen LogP contribution in [0.1, 0.15) is 38.5 Å². The number of halogens is 1. The van der Waals surface area contributed by atoms with Gasteiger partial charge in [-0.2, -0.15) is 0 Å². The minimum atomic E-state index is -0.248. The second-order valence-corrected chi connectivity index (χ2v) is 4.63. The van der Waals surface area contributed by atoms with Crippen molar-refractivity contribution in [3.8, 4) is 0 Å². The maximum atomic E-state index is 12.4. The van der Waals surface area contributed by atoms with E-state index in [0.29, 0.717) is 30.0 Å². The van der Waals surface area contributed by atoms with Gasteiger partial charge in [0.1, 0.15) is 5.69 Å². The molecule has 0 spiro atoms. The van der Waals surface area contributed by atoms with Gasteiger partial charge in [-0.15, -0.1) is 16.7 Å². The molecule has 2 aromatic rings. The van der Waals surface area contributed by atoms with E-state index in [9.17, 15) is 9.59 Å². The van der Waals surface area contributed by atoms with Gasteiger partial charge in [0.05, 0.1) is 0 Å². The van der Waals surface area contributed by atoms with E-state index >= 15 is 0 Å². The van der Waals surface area contributed by atoms with E-state index in [2.05, 4.69) is 10.3 Å². The predicted octanol–water partition coefficient (Wildman–Crippen LogP) is 1.68. The number of carbonyl (C=O) groups is 2. The highest BCUT2D eigenvalue weighted by atomic mass is 35.5. The fourth-order valence-electron chi connectivity index (χ4n) is 2.19. The van der Waals surface area contributed by atoms with Gasteiger partial charge in [0.2, 0.25) is 11.6 Å². The lowest BCUT2D eigenvalue weighted by Gasteiger charge is -2.13. The first-order chi connectivity index (χ1) is 9.24. The number of nitrogens with zero attached hydrogens (tertiary/aromatic N) is 3. The summed E-state index contributed by atoms with van der Waals surface area (Å²) in [5.41, 5.74) is 1.21. The van der Waals surface area contributed by atoms with Crippen molar-refractivity contribution in [2.45, 2.75) is 13.0 Å². The Morgan fingerprint density at radius 2 is 1.79 bits per heavy atom. The van der Waals surface area contributed by atoms with E-state index in [-0.39, 0.29) is 23.0 Å². The molecule has 19 heavy (non-hydrogen) atoms. The number of benzene rings is 1. The molecular formula is C13H10ClN3O2. The van der Waals surface area contributed by atoms with Crippen molar-refractivity contribution in [1.29, 1.82) is 0 Å². The number of hydrogen-bond acceptors (Lipinski definition) is 4. The monoisotopic (exact) mass is 275 g/mol. The maximum Gasteiger partial charge on any atom is 0.216 e. The molecule has 0 bridgehead atoms. The molecule has 5 nitrogen and oxygen atoms in total. The Balaban J connectivity index is 2.12. The van der Waals surface area contributed by atoms with Crippen molar-refractivity contribution in [1.82, 2.24) is 15.0 Å². The average Bonchev–Trinajstić information content (AvgIpc) is 2.87. The molecule has 0 saturated carbocycles. The minimum absolute atomic E-state index is 0.137. The number of fused-ring (bicyclic) bond motifs is 2. The lowest BCUT2D eigenvalue weighted by Crippen LogP contribution is -2.23. The number of hydrogen-bond donors (Lipinski definition) is 0. The molecule has 1 aromatic heterocycles. The number of rotatable bonds is 3. The second kappa shape index (κ2) is 4.59. The zero-order valence-electron chi connectivity index (χ0n) is 9.97. The zero-order valence-corrected chi connectivity index (χ0v) is 10.7. The van der Waals surface area contributed by atoms with Crippen LogP contribution < -0.4 is 0 Å². The molecular weight excluding hydrogens is 266 g/mol. The molecule has 1 aliphatic carbocycles. The third-order valence-corrected chi connectivity index (χ3v) is 3.35. The van der Waals surface area contributed by atoms with Crippen LogP contribution in [0.15, 0.2) is 24.3 Å². The summed E-state index contributed by atoms with van der Waals surface area (Å²) in [6.45, 7) is 0.479. The van der Waals surface area contributed by atoms with Gasteiger partial charge in [0.15, 0.2) is 5.69 Å². The van der Waals surface area contributed by atoms with Gasteiger partial charge in [-0.3, -0.25) is 9.59 Å². The molecule has 0 aliphatic heterocycles. The minimum Gasteiger partial charge on any atom is -0.287 e. The third-order valence-electron chi connectivity index (χ3n) is 3.09. The molecule has 1 heterocycles. The van der Waals surface area contributed by atoms with Gasteiger partial charge in [-0.05, 0) is 6.42 Å². The Hall–Kier alpha value is -2.01. The van der Waals surface area contributed by atoms with Crippen LogP contribution in [0.25, 0.3) is 0 Å². The Kier molecular flexibility index (Phi) is 2.91. The zero-order chi connectivity index (χ0) is 13.4. The molecule has 96 valence electrons. The van der Waals surface area contributed by atoms with E-state index in [1.807, 2.05) is 0 Å². The molecule has 0 amide bonds. The summed E-state index contributed by atoms with van der Waals surface area (Å²) in [7, 11) is 0. The lowest BCUT2D eigenvalue weighted by molar-refractivity contribution is 0.0970. The van der Waals surface area contributed by atoms with Crippen molar-refractivity contribution in [2.24, 2.45) is 0 Å². The van der Waals surface area contributed by atoms with Gasteiger partial charge >= 0.3 is 0 Å². The SMILES string of the molecule is O=C1c2ccccc2C(=O)c2c1nnn2CCCCl. The molecule has 0 unspecified atom stereocenters. The van der Waals surface area contributed by atoms with Crippen molar-refractivity contribution in [3.63, 3.8) is 0 Å². The predicted molar refractivity (Wildman–Crippen MR) is 68.7 cm³/mol. The van der Waals surface area contributed by atoms with Crippen LogP contribution in [0, 0.1) is 0 Å². The standard InChI is InChI=1S/C13H10ClN3O2/c14-6-3-7-17-11-10(15-16-17)12(18)8-4-1-2-5-9(8)13(11)19/h1-2,4-5H,3,6-7H2. The van der Waals surface area contributed by atoms with Crippen molar-refractivity contribution in [2.75, 3.05) is 5.88 Å². The van der Waals surface area contributed by atoms with Crippen LogP contribution in [0.4, 0.5) is 0 Å². The molecule has 0 atom stereocenters. The second-order valence-electron chi connectivity index (χ2n) is 4.26. The normalized spacial score (nSPS) is 13.3. The average molecular weight is 276 g/mol. The van der Waals surface area contributed by atoms with Crippen LogP contribution in [-0.2, 0) is 6.54 Å². The molecule has 0 N–H and O–H groups in total. The van der Waals surface area contributed by atoms with Gasteiger partial charge < -0.3 is 0 Å². The molecule has 6 heteroatoms. The molecule has 1 aromatic carbocycles. The van der Waals surface area contributed by atoms with Crippen molar-refractivity contribution >= 4 is 23.2 Å². The van der Waals surface area contributed by atoms with Crippen LogP contribution in [0.5, 0.6) is 0 Å². The quantitative estimate of drug-likeness (QED) is 0.682. The van der Waals surface area contributed by atoms with E-state index in [1.54, 1.807) is 24.3 Å². The lowest BCUT2D eigenvalue weighted by atomic mass is 9.90. The van der Waals surface area contributed by atoms with E-state index in [0.717, 1.165) is 0 Å². The van der Waals surface area contributed by atoms with Crippen LogP contribution >= 0.6 is 11.6 Å². The number of ketones is 2. The molecule has 0 radical (unpaired) electrons. The Labute approximate surface area is 114 Å². The third kappa shape index (κ3) is 1.77. The Bertz CT molecular complexity index is 678. The smallest absolute Gasteiger partial charge is 0.216 e. The highest BCUT2D eigenvalue weighted by Gasteiger charge is 2.34. The summed E-state index contributed by atoms with van der Waals surface area (Å²) < 4.78 is 1.47. The summed E-state index contributed by atoms with van der Waals surface area (Å²) in [4.78, 5) is 24.7. The van der Waals surface area contributed by atoms with Crippen LogP contribution in [-0.4, -0.2) is 32.4 Å². The first-order valence-electron chi connectivity index (χ1n) is 5.92. The summed E-state index contributed by atoms with van der Waals surface area (Å²) in [5.74, 6) is 0.0139. The number of carbonyl (C=O) groups excluding carboxylic acids is 2. The van der Waals surface area contributed by atoms with E-state index < -0.39 is 0 Å². The molecule has 1 aliphatic rings. The Morgan fingerprint density at radius 1 is 1.11 bits per heavy atom. The summed E-state index contributed by atoms with van der Waals surface area (Å²) >= 11 is 5.63. The number of aromatic nitrogens is 3. The first kappa shape index (κ1) is 12.0. The van der Waals surface area contributed by atoms with Gasteiger partial charge in [0.25, 0.3) is 0 Å². The number of aryl methyl sites for hydroxylation is 1. The highest BCUT2D eigenvalue weighted by molar-refractivity contribution is 6.26. The maximum absolute atomic E-state index is 12.4. The van der Waals surface area contributed by atoms with Gasteiger partial charge in [-0.1, -0.05) is 29.5 Å². The van der Waals surface area contributed by atoms with Crippen LogP contribution in [0.2, 0.25) is 0 Å². The fraction of sp³-hybridized carbons (Fsp3) is 0.231. The fourth-order valence-corrected chi connectivity index (χ4v) is 2.31. The van der Waals surface area contributed by atoms with Crippen molar-refractivity contribution in [3.05, 3.63) is 46.8 Å². The van der Waals surface area contributed by atoms with Gasteiger partial charge in [0, 0.05) is 23.6 Å². The molecule has 0 fully saturated rings. The number of alkyl halides is 1. The highest BCUT2D eigenvalue weighted by Crippen LogP contribution is 2.25. The van der Waals surface area contributed by atoms with E-state index in [1.165, 1.54) is 4.68 Å². The molecule has 3 rings (SSSR count). The summed E-state index contributed by atoms with van der Waals surface area (Å²) in [6, 6.07) is 6.75. The van der Waals surface area contributed by atoms with E-state index in [4.69, 9.17) is 11.6 Å². The largest absolute Gasteiger partial charge is 0.287 e. The van der Waals surface area contributed by atoms with Crippen LogP contribution in [0.3, 0.4) is 0 Å². The summed E-state index contributed by atoms with van der Waals surface area (Å²) in [6.07, 6.45) is 0.667. The Morgan fingerprint density at radius 3 is 2.47 bits per heavy atom. The topological polar surface area (TPSA) is 64.8 Å². The first-order valence-corrected chi connectivity index (χ1v) is 6.45. The molecule has 0 saturated heterocycles. The van der Waals surface area contributed by atoms with Gasteiger partial charge in [-0.25, -0.2) is 4.68 Å².